The molecule has 26 heavy (non-hydrogen) atoms. The second-order valence-corrected chi connectivity index (χ2v) is 7.39. The summed E-state index contributed by atoms with van der Waals surface area (Å²) in [6.45, 7) is 2.51. The molecule has 2 unspecified atom stereocenters. The lowest BCUT2D eigenvalue weighted by Gasteiger charge is -2.29. The molecule has 0 aromatic heterocycles. The summed E-state index contributed by atoms with van der Waals surface area (Å²) in [6, 6.07) is 20.4. The molecule has 0 heterocycles. The van der Waals surface area contributed by atoms with E-state index in [1.54, 1.807) is 6.08 Å². The third-order valence-electron chi connectivity index (χ3n) is 4.46. The first-order valence-corrected chi connectivity index (χ1v) is 9.39. The topological polar surface area (TPSA) is 32.3 Å². The number of rotatable bonds is 8. The van der Waals surface area contributed by atoms with Crippen molar-refractivity contribution in [2.24, 2.45) is 0 Å². The predicted molar refractivity (Wildman–Crippen MR) is 113 cm³/mol. The monoisotopic (exact) mass is 368 g/mol. The van der Waals surface area contributed by atoms with Gasteiger partial charge in [0, 0.05) is 23.9 Å². The maximum Gasteiger partial charge on any atom is 0.244 e. The zero-order valence-electron chi connectivity index (χ0n) is 15.7. The molecule has 0 aliphatic carbocycles. The van der Waals surface area contributed by atoms with Crippen LogP contribution in [0.15, 0.2) is 66.7 Å². The SMILES string of the molecule is C/C(=C\C(=O)NCC(C(S)Cc1ccccc1)N(C)C)c1ccccc1. The van der Waals surface area contributed by atoms with Gasteiger partial charge < -0.3 is 10.2 Å². The number of benzene rings is 2. The number of thiol groups is 1. The summed E-state index contributed by atoms with van der Waals surface area (Å²) in [4.78, 5) is 14.4. The standard InChI is InChI=1S/C22H28N2OS/c1-17(19-12-8-5-9-13-19)14-22(25)23-16-20(24(2)3)21(26)15-18-10-6-4-7-11-18/h4-14,20-21,26H,15-16H2,1-3H3,(H,23,25)/b17-14+. The maximum atomic E-state index is 12.3. The number of carbonyl (C=O) groups is 1. The van der Waals surface area contributed by atoms with Gasteiger partial charge in [0.15, 0.2) is 0 Å². The number of nitrogens with one attached hydrogen (secondary N) is 1. The molecule has 2 atom stereocenters. The lowest BCUT2D eigenvalue weighted by atomic mass is 10.0. The smallest absolute Gasteiger partial charge is 0.244 e. The Bertz CT molecular complexity index is 713. The molecule has 0 aliphatic rings. The number of nitrogens with zero attached hydrogens (tertiary/aromatic N) is 1. The zero-order chi connectivity index (χ0) is 18.9. The Balaban J connectivity index is 1.94. The lowest BCUT2D eigenvalue weighted by molar-refractivity contribution is -0.116. The molecule has 0 spiro atoms. The Morgan fingerprint density at radius 1 is 1.08 bits per heavy atom. The minimum atomic E-state index is -0.0709. The van der Waals surface area contributed by atoms with Gasteiger partial charge >= 0.3 is 0 Å². The van der Waals surface area contributed by atoms with Crippen molar-refractivity contribution < 1.29 is 4.79 Å². The van der Waals surface area contributed by atoms with E-state index in [0.717, 1.165) is 17.6 Å². The van der Waals surface area contributed by atoms with Gasteiger partial charge in [-0.3, -0.25) is 4.79 Å². The molecule has 3 nitrogen and oxygen atoms in total. The van der Waals surface area contributed by atoms with Crippen molar-refractivity contribution in [2.75, 3.05) is 20.6 Å². The van der Waals surface area contributed by atoms with Crippen LogP contribution >= 0.6 is 12.6 Å². The fraction of sp³-hybridized carbons (Fsp3) is 0.318. The van der Waals surface area contributed by atoms with Crippen molar-refractivity contribution in [3.05, 3.63) is 77.9 Å². The summed E-state index contributed by atoms with van der Waals surface area (Å²) in [5.41, 5.74) is 3.27. The Morgan fingerprint density at radius 3 is 2.23 bits per heavy atom. The van der Waals surface area contributed by atoms with E-state index in [1.165, 1.54) is 5.56 Å². The molecule has 0 radical (unpaired) electrons. The van der Waals surface area contributed by atoms with Gasteiger partial charge in [-0.1, -0.05) is 60.7 Å². The first-order valence-electron chi connectivity index (χ1n) is 8.87. The van der Waals surface area contributed by atoms with Gasteiger partial charge in [0.05, 0.1) is 0 Å². The van der Waals surface area contributed by atoms with E-state index in [4.69, 9.17) is 12.6 Å². The highest BCUT2D eigenvalue weighted by Crippen LogP contribution is 2.15. The van der Waals surface area contributed by atoms with Gasteiger partial charge in [0.1, 0.15) is 0 Å². The largest absolute Gasteiger partial charge is 0.351 e. The van der Waals surface area contributed by atoms with E-state index in [-0.39, 0.29) is 17.2 Å². The molecule has 0 fully saturated rings. The van der Waals surface area contributed by atoms with Gasteiger partial charge in [0.2, 0.25) is 5.91 Å². The molecular weight excluding hydrogens is 340 g/mol. The number of amides is 1. The first-order chi connectivity index (χ1) is 12.5. The van der Waals surface area contributed by atoms with Gasteiger partial charge in [-0.05, 0) is 44.1 Å². The second-order valence-electron chi connectivity index (χ2n) is 6.73. The van der Waals surface area contributed by atoms with Gasteiger partial charge in [-0.25, -0.2) is 0 Å². The maximum absolute atomic E-state index is 12.3. The second kappa shape index (κ2) is 10.2. The van der Waals surface area contributed by atoms with Gasteiger partial charge in [0.25, 0.3) is 0 Å². The number of hydrogen-bond acceptors (Lipinski definition) is 3. The van der Waals surface area contributed by atoms with Crippen molar-refractivity contribution in [2.45, 2.75) is 24.6 Å². The molecule has 1 amide bonds. The summed E-state index contributed by atoms with van der Waals surface area (Å²) in [7, 11) is 4.05. The number of carbonyl (C=O) groups excluding carboxylic acids is 1. The Kier molecular flexibility index (Phi) is 7.95. The van der Waals surface area contributed by atoms with Crippen LogP contribution in [0.1, 0.15) is 18.1 Å². The predicted octanol–water partition coefficient (Wildman–Crippen LogP) is 3.68. The highest BCUT2D eigenvalue weighted by Gasteiger charge is 2.21. The van der Waals surface area contributed by atoms with Crippen LogP contribution in [0.25, 0.3) is 5.57 Å². The van der Waals surface area contributed by atoms with E-state index < -0.39 is 0 Å². The van der Waals surface area contributed by atoms with Crippen LogP contribution in [0, 0.1) is 0 Å². The molecule has 0 bridgehead atoms. The van der Waals surface area contributed by atoms with Gasteiger partial charge in [-0.15, -0.1) is 0 Å². The molecule has 4 heteroatoms. The zero-order valence-corrected chi connectivity index (χ0v) is 16.6. The average molecular weight is 369 g/mol. The van der Waals surface area contributed by atoms with E-state index in [1.807, 2.05) is 69.6 Å². The third kappa shape index (κ3) is 6.36. The van der Waals surface area contributed by atoms with Crippen molar-refractivity contribution >= 4 is 24.1 Å². The van der Waals surface area contributed by atoms with E-state index in [0.29, 0.717) is 6.54 Å². The van der Waals surface area contributed by atoms with E-state index in [9.17, 15) is 4.79 Å². The summed E-state index contributed by atoms with van der Waals surface area (Å²) in [5, 5.41) is 3.16. The minimum absolute atomic E-state index is 0.0709. The van der Waals surface area contributed by atoms with Crippen molar-refractivity contribution in [1.29, 1.82) is 0 Å². The lowest BCUT2D eigenvalue weighted by Crippen LogP contribution is -2.46. The fourth-order valence-electron chi connectivity index (χ4n) is 2.89. The summed E-state index contributed by atoms with van der Waals surface area (Å²) < 4.78 is 0. The number of allylic oxidation sites excluding steroid dienone is 1. The summed E-state index contributed by atoms with van der Waals surface area (Å²) in [6.07, 6.45) is 2.52. The van der Waals surface area contributed by atoms with Crippen LogP contribution in [0.4, 0.5) is 0 Å². The van der Waals surface area contributed by atoms with E-state index >= 15 is 0 Å². The molecule has 2 rings (SSSR count). The molecular formula is C22H28N2OS. The minimum Gasteiger partial charge on any atom is -0.351 e. The Morgan fingerprint density at radius 2 is 1.65 bits per heavy atom. The number of likely N-dealkylation sites (N-methyl/N-ethyl adjacent to an activating group) is 1. The van der Waals surface area contributed by atoms with Crippen LogP contribution in [0.5, 0.6) is 0 Å². The first kappa shape index (κ1) is 20.3. The van der Waals surface area contributed by atoms with Crippen molar-refractivity contribution in [3.8, 4) is 0 Å². The molecule has 0 saturated carbocycles. The average Bonchev–Trinajstić information content (AvgIpc) is 2.63. The van der Waals surface area contributed by atoms with E-state index in [2.05, 4.69) is 22.3 Å². The summed E-state index contributed by atoms with van der Waals surface area (Å²) >= 11 is 4.80. The molecule has 138 valence electrons. The van der Waals surface area contributed by atoms with Gasteiger partial charge in [-0.2, -0.15) is 12.6 Å². The van der Waals surface area contributed by atoms with Crippen LogP contribution in [-0.2, 0) is 11.2 Å². The highest BCUT2D eigenvalue weighted by molar-refractivity contribution is 7.81. The Hall–Kier alpha value is -2.04. The number of hydrogen-bond donors (Lipinski definition) is 2. The fourth-order valence-corrected chi connectivity index (χ4v) is 3.47. The molecule has 2 aromatic carbocycles. The van der Waals surface area contributed by atoms with Crippen LogP contribution in [-0.4, -0.2) is 42.7 Å². The molecule has 2 aromatic rings. The van der Waals surface area contributed by atoms with Crippen molar-refractivity contribution in [1.82, 2.24) is 10.2 Å². The normalized spacial score (nSPS) is 14.1. The summed E-state index contributed by atoms with van der Waals surface area (Å²) in [5.74, 6) is -0.0709. The molecule has 0 saturated heterocycles. The Labute approximate surface area is 162 Å². The highest BCUT2D eigenvalue weighted by atomic mass is 32.1. The quantitative estimate of drug-likeness (QED) is 0.550. The van der Waals surface area contributed by atoms with Crippen LogP contribution in [0.3, 0.4) is 0 Å². The van der Waals surface area contributed by atoms with Crippen LogP contribution in [0.2, 0.25) is 0 Å². The molecule has 1 N–H and O–H groups in total. The molecule has 0 aliphatic heterocycles. The van der Waals surface area contributed by atoms with Crippen LogP contribution < -0.4 is 5.32 Å². The third-order valence-corrected chi connectivity index (χ3v) is 4.98. The van der Waals surface area contributed by atoms with Crippen molar-refractivity contribution in [3.63, 3.8) is 0 Å².